The maximum Gasteiger partial charge on any atom is 0.230 e. The number of aromatic nitrogens is 4. The number of allylic oxidation sites excluding steroid dienone is 6. The molecule has 1 saturated heterocycles. The molecule has 3 aliphatic carbocycles. The quantitative estimate of drug-likeness (QED) is 0.316. The Labute approximate surface area is 245 Å². The number of hydrogen-bond acceptors (Lipinski definition) is 5. The molecule has 5 heteroatoms. The molecule has 2 aromatic carbocycles. The van der Waals surface area contributed by atoms with Crippen molar-refractivity contribution in [1.82, 2.24) is 19.9 Å². The van der Waals surface area contributed by atoms with Crippen molar-refractivity contribution in [3.63, 3.8) is 0 Å². The van der Waals surface area contributed by atoms with Crippen LogP contribution in [0.4, 0.5) is 5.95 Å². The SMILES string of the molecule is CC1=CCC(C2=CCC3C(=C2)C2=c4ncccc4=CCC2N3c2nc(-c3ccccc3)nc(-c3ccccc3)n2)C=C1. The lowest BCUT2D eigenvalue weighted by Gasteiger charge is -2.31. The van der Waals surface area contributed by atoms with E-state index in [1.165, 1.54) is 27.5 Å². The van der Waals surface area contributed by atoms with E-state index in [-0.39, 0.29) is 12.1 Å². The van der Waals surface area contributed by atoms with E-state index >= 15 is 0 Å². The second-order valence-corrected chi connectivity index (χ2v) is 11.4. The summed E-state index contributed by atoms with van der Waals surface area (Å²) in [5.74, 6) is 2.51. The largest absolute Gasteiger partial charge is 0.326 e. The first-order chi connectivity index (χ1) is 20.7. The van der Waals surface area contributed by atoms with Crippen LogP contribution in [0, 0.1) is 5.92 Å². The summed E-state index contributed by atoms with van der Waals surface area (Å²) in [6, 6.07) is 24.9. The number of hydrogen-bond donors (Lipinski definition) is 0. The summed E-state index contributed by atoms with van der Waals surface area (Å²) in [4.78, 5) is 22.6. The summed E-state index contributed by atoms with van der Waals surface area (Å²) in [7, 11) is 0. The molecule has 4 aromatic rings. The van der Waals surface area contributed by atoms with Gasteiger partial charge >= 0.3 is 0 Å². The van der Waals surface area contributed by atoms with Gasteiger partial charge in [-0.1, -0.05) is 109 Å². The highest BCUT2D eigenvalue weighted by molar-refractivity contribution is 5.83. The van der Waals surface area contributed by atoms with Crippen LogP contribution < -0.4 is 15.5 Å². The molecule has 4 aliphatic rings. The van der Waals surface area contributed by atoms with Crippen LogP contribution in [0.1, 0.15) is 26.2 Å². The first kappa shape index (κ1) is 24.9. The molecule has 3 atom stereocenters. The van der Waals surface area contributed by atoms with E-state index in [4.69, 9.17) is 19.9 Å². The zero-order chi connectivity index (χ0) is 28.0. The van der Waals surface area contributed by atoms with E-state index in [9.17, 15) is 0 Å². The Morgan fingerprint density at radius 1 is 0.714 bits per heavy atom. The maximum atomic E-state index is 5.16. The zero-order valence-corrected chi connectivity index (χ0v) is 23.6. The van der Waals surface area contributed by atoms with Gasteiger partial charge < -0.3 is 4.90 Å². The molecule has 3 heterocycles. The van der Waals surface area contributed by atoms with E-state index < -0.39 is 0 Å². The van der Waals surface area contributed by atoms with Crippen molar-refractivity contribution in [3.05, 3.63) is 137 Å². The van der Waals surface area contributed by atoms with Crippen LogP contribution in [0.25, 0.3) is 34.4 Å². The maximum absolute atomic E-state index is 5.16. The van der Waals surface area contributed by atoms with Crippen molar-refractivity contribution in [1.29, 1.82) is 0 Å². The molecular formula is C37H31N5. The second-order valence-electron chi connectivity index (χ2n) is 11.4. The monoisotopic (exact) mass is 545 g/mol. The Balaban J connectivity index is 1.31. The Morgan fingerprint density at radius 3 is 2.12 bits per heavy atom. The molecule has 5 nitrogen and oxygen atoms in total. The molecule has 3 unspecified atom stereocenters. The predicted octanol–water partition coefficient (Wildman–Crippen LogP) is 5.97. The fourth-order valence-electron chi connectivity index (χ4n) is 6.78. The van der Waals surface area contributed by atoms with E-state index in [1.807, 2.05) is 48.7 Å². The van der Waals surface area contributed by atoms with Gasteiger partial charge in [-0.2, -0.15) is 9.97 Å². The van der Waals surface area contributed by atoms with Gasteiger partial charge in [0.2, 0.25) is 5.95 Å². The smallest absolute Gasteiger partial charge is 0.230 e. The van der Waals surface area contributed by atoms with E-state index in [2.05, 4.69) is 78.6 Å². The summed E-state index contributed by atoms with van der Waals surface area (Å²) >= 11 is 0. The summed E-state index contributed by atoms with van der Waals surface area (Å²) < 4.78 is 0. The van der Waals surface area contributed by atoms with Crippen molar-refractivity contribution >= 4 is 17.6 Å². The topological polar surface area (TPSA) is 54.8 Å². The average Bonchev–Trinajstić information content (AvgIpc) is 3.40. The molecule has 1 aliphatic heterocycles. The molecule has 0 amide bonds. The summed E-state index contributed by atoms with van der Waals surface area (Å²) in [6.07, 6.45) is 18.9. The predicted molar refractivity (Wildman–Crippen MR) is 169 cm³/mol. The Kier molecular flexibility index (Phi) is 6.03. The van der Waals surface area contributed by atoms with Gasteiger partial charge in [0.1, 0.15) is 0 Å². The standard InChI is InChI=1S/C37H31N5/c1-24-14-16-25(17-15-24)29-19-20-31-30(23-29)33-32(21-18-26-13-8-22-38-34(26)33)42(31)37-40-35(27-9-4-2-5-10-27)39-36(41-37)28-11-6-3-7-12-28/h2-16,18-19,22-23,25,31-32H,17,20-21H2,1H3. The molecule has 204 valence electrons. The number of pyridine rings is 1. The molecule has 0 spiro atoms. The molecule has 0 radical (unpaired) electrons. The minimum absolute atomic E-state index is 0.107. The van der Waals surface area contributed by atoms with Crippen LogP contribution in [0.3, 0.4) is 0 Å². The van der Waals surface area contributed by atoms with Crippen LogP contribution in [0.5, 0.6) is 0 Å². The number of rotatable bonds is 4. The van der Waals surface area contributed by atoms with Crippen LogP contribution in [0.15, 0.2) is 126 Å². The molecule has 2 aromatic heterocycles. The summed E-state index contributed by atoms with van der Waals surface area (Å²) in [5, 5.41) is 2.30. The first-order valence-electron chi connectivity index (χ1n) is 14.8. The van der Waals surface area contributed by atoms with Crippen molar-refractivity contribution in [2.45, 2.75) is 38.3 Å². The van der Waals surface area contributed by atoms with Gasteiger partial charge in [0.15, 0.2) is 11.6 Å². The van der Waals surface area contributed by atoms with Crippen molar-refractivity contribution in [3.8, 4) is 22.8 Å². The summed E-state index contributed by atoms with van der Waals surface area (Å²) in [6.45, 7) is 2.18. The molecule has 0 saturated carbocycles. The lowest BCUT2D eigenvalue weighted by Crippen LogP contribution is -2.42. The van der Waals surface area contributed by atoms with Crippen molar-refractivity contribution in [2.75, 3.05) is 4.90 Å². The van der Waals surface area contributed by atoms with Gasteiger partial charge in [0, 0.05) is 28.8 Å². The van der Waals surface area contributed by atoms with Crippen LogP contribution >= 0.6 is 0 Å². The van der Waals surface area contributed by atoms with E-state index in [1.54, 1.807) is 0 Å². The fraction of sp³-hybridized carbons (Fsp3) is 0.189. The van der Waals surface area contributed by atoms with Crippen LogP contribution in [-0.4, -0.2) is 32.0 Å². The van der Waals surface area contributed by atoms with Gasteiger partial charge in [-0.3, -0.25) is 4.98 Å². The third-order valence-corrected chi connectivity index (χ3v) is 8.86. The number of nitrogens with zero attached hydrogens (tertiary/aromatic N) is 5. The van der Waals surface area contributed by atoms with Crippen molar-refractivity contribution in [2.24, 2.45) is 5.92 Å². The Bertz CT molecular complexity index is 1880. The molecular weight excluding hydrogens is 514 g/mol. The van der Waals surface area contributed by atoms with Crippen LogP contribution in [0.2, 0.25) is 0 Å². The second kappa shape index (κ2) is 10.2. The minimum atomic E-state index is 0.107. The highest BCUT2D eigenvalue weighted by Gasteiger charge is 2.45. The van der Waals surface area contributed by atoms with Gasteiger partial charge in [0.25, 0.3) is 0 Å². The molecule has 8 rings (SSSR count). The number of anilines is 1. The molecule has 1 fully saturated rings. The van der Waals surface area contributed by atoms with Gasteiger partial charge in [-0.05, 0) is 48.6 Å². The zero-order valence-electron chi connectivity index (χ0n) is 23.6. The van der Waals surface area contributed by atoms with Gasteiger partial charge in [-0.25, -0.2) is 4.98 Å². The van der Waals surface area contributed by atoms with E-state index in [0.717, 1.165) is 41.7 Å². The molecule has 42 heavy (non-hydrogen) atoms. The average molecular weight is 546 g/mol. The molecule has 0 N–H and O–H groups in total. The number of benzene rings is 2. The van der Waals surface area contributed by atoms with Crippen LogP contribution in [-0.2, 0) is 0 Å². The Hall–Kier alpha value is -4.90. The number of fused-ring (bicyclic) bond motifs is 4. The highest BCUT2D eigenvalue weighted by Crippen LogP contribution is 2.45. The lowest BCUT2D eigenvalue weighted by molar-refractivity contribution is 0.644. The van der Waals surface area contributed by atoms with Gasteiger partial charge in [0.05, 0.1) is 17.4 Å². The molecule has 0 bridgehead atoms. The third-order valence-electron chi connectivity index (χ3n) is 8.86. The Morgan fingerprint density at radius 2 is 1.43 bits per heavy atom. The lowest BCUT2D eigenvalue weighted by atomic mass is 9.82. The highest BCUT2D eigenvalue weighted by atomic mass is 15.3. The van der Waals surface area contributed by atoms with Gasteiger partial charge in [-0.15, -0.1) is 0 Å². The van der Waals surface area contributed by atoms with E-state index in [0.29, 0.717) is 17.6 Å². The first-order valence-corrected chi connectivity index (χ1v) is 14.8. The third kappa shape index (κ3) is 4.24. The normalized spacial score (nSPS) is 22.3. The van der Waals surface area contributed by atoms with Crippen molar-refractivity contribution < 1.29 is 0 Å². The summed E-state index contributed by atoms with van der Waals surface area (Å²) in [5.41, 5.74) is 7.38. The minimum Gasteiger partial charge on any atom is -0.326 e. The fourth-order valence-corrected chi connectivity index (χ4v) is 6.78.